The molecule has 2 heterocycles. The predicted octanol–water partition coefficient (Wildman–Crippen LogP) is 4.21. The van der Waals surface area contributed by atoms with Crippen molar-refractivity contribution < 1.29 is 9.90 Å². The minimum atomic E-state index is -0.591. The molecule has 0 spiro atoms. The third-order valence-corrected chi connectivity index (χ3v) is 5.28. The lowest BCUT2D eigenvalue weighted by molar-refractivity contribution is 0.228. The van der Waals surface area contributed by atoms with E-state index in [2.05, 4.69) is 10.6 Å². The Bertz CT molecular complexity index is 754. The number of thiophene rings is 2. The topological polar surface area (TPSA) is 61.4 Å². The van der Waals surface area contributed by atoms with E-state index in [1.165, 1.54) is 22.7 Å². The molecule has 118 valence electrons. The van der Waals surface area contributed by atoms with E-state index < -0.39 is 6.10 Å². The molecular formula is C17H16N2O2S2. The number of hydrogen-bond donors (Lipinski definition) is 3. The summed E-state index contributed by atoms with van der Waals surface area (Å²) >= 11 is 3.03. The zero-order chi connectivity index (χ0) is 16.1. The molecule has 23 heavy (non-hydrogen) atoms. The van der Waals surface area contributed by atoms with Crippen LogP contribution in [0.4, 0.5) is 10.5 Å². The zero-order valence-corrected chi connectivity index (χ0v) is 13.9. The molecule has 3 N–H and O–H groups in total. The van der Waals surface area contributed by atoms with Crippen molar-refractivity contribution in [2.75, 3.05) is 5.32 Å². The summed E-state index contributed by atoms with van der Waals surface area (Å²) in [5, 5.41) is 17.8. The highest BCUT2D eigenvalue weighted by Gasteiger charge is 2.14. The number of anilines is 1. The minimum absolute atomic E-state index is 0.245. The Hall–Kier alpha value is -2.15. The van der Waals surface area contributed by atoms with Crippen LogP contribution in [0.3, 0.4) is 0 Å². The molecule has 0 aliphatic rings. The molecule has 0 unspecified atom stereocenters. The van der Waals surface area contributed by atoms with Crippen molar-refractivity contribution in [2.45, 2.75) is 12.6 Å². The molecule has 3 rings (SSSR count). The van der Waals surface area contributed by atoms with E-state index in [0.717, 1.165) is 20.3 Å². The van der Waals surface area contributed by atoms with Crippen molar-refractivity contribution in [2.24, 2.45) is 0 Å². The molecule has 3 aromatic rings. The molecule has 0 saturated carbocycles. The summed E-state index contributed by atoms with van der Waals surface area (Å²) in [5.74, 6) is 0. The van der Waals surface area contributed by atoms with E-state index in [4.69, 9.17) is 0 Å². The number of rotatable bonds is 5. The molecule has 2 amide bonds. The quantitative estimate of drug-likeness (QED) is 0.649. The van der Waals surface area contributed by atoms with Gasteiger partial charge in [0.25, 0.3) is 0 Å². The van der Waals surface area contributed by atoms with E-state index in [0.29, 0.717) is 6.54 Å². The maximum atomic E-state index is 11.8. The number of para-hydroxylation sites is 1. The molecule has 0 aliphatic heterocycles. The first-order chi connectivity index (χ1) is 11.2. The summed E-state index contributed by atoms with van der Waals surface area (Å²) in [4.78, 5) is 14.7. The van der Waals surface area contributed by atoms with Crippen LogP contribution in [0.5, 0.6) is 0 Å². The molecule has 4 nitrogen and oxygen atoms in total. The van der Waals surface area contributed by atoms with Crippen molar-refractivity contribution in [1.29, 1.82) is 0 Å². The van der Waals surface area contributed by atoms with Crippen LogP contribution < -0.4 is 10.6 Å². The van der Waals surface area contributed by atoms with Gasteiger partial charge < -0.3 is 15.7 Å². The first-order valence-corrected chi connectivity index (χ1v) is 8.82. The molecule has 2 aromatic heterocycles. The Balaban J connectivity index is 1.54. The smallest absolute Gasteiger partial charge is 0.319 e. The van der Waals surface area contributed by atoms with Gasteiger partial charge >= 0.3 is 6.03 Å². The second-order valence-electron chi connectivity index (χ2n) is 4.90. The zero-order valence-electron chi connectivity index (χ0n) is 12.2. The molecule has 0 radical (unpaired) electrons. The molecule has 1 atom stereocenters. The Kier molecular flexibility index (Phi) is 5.07. The van der Waals surface area contributed by atoms with E-state index >= 15 is 0 Å². The number of hydrogen-bond acceptors (Lipinski definition) is 4. The lowest BCUT2D eigenvalue weighted by Gasteiger charge is -2.07. The standard InChI is InChI=1S/C17H16N2O2S2/c20-16(14-7-4-10-22-14)15-9-8-13(23-15)11-18-17(21)19-12-5-2-1-3-6-12/h1-10,16,20H,11H2,(H2,18,19,21)/t16-/m1/s1. The average molecular weight is 344 g/mol. The first-order valence-electron chi connectivity index (χ1n) is 7.12. The number of aliphatic hydroxyl groups excluding tert-OH is 1. The van der Waals surface area contributed by atoms with E-state index in [1.807, 2.05) is 60.0 Å². The Labute approximate surface area is 142 Å². The maximum Gasteiger partial charge on any atom is 0.319 e. The summed E-state index contributed by atoms with van der Waals surface area (Å²) < 4.78 is 0. The summed E-state index contributed by atoms with van der Waals surface area (Å²) in [6.45, 7) is 0.431. The fourth-order valence-corrected chi connectivity index (χ4v) is 3.85. The number of carbonyl (C=O) groups excluding carboxylic acids is 1. The predicted molar refractivity (Wildman–Crippen MR) is 95.0 cm³/mol. The van der Waals surface area contributed by atoms with Crippen molar-refractivity contribution in [3.8, 4) is 0 Å². The Morgan fingerprint density at radius 3 is 2.61 bits per heavy atom. The van der Waals surface area contributed by atoms with Crippen molar-refractivity contribution in [1.82, 2.24) is 5.32 Å². The summed E-state index contributed by atoms with van der Waals surface area (Å²) in [6.07, 6.45) is -0.591. The van der Waals surface area contributed by atoms with Crippen molar-refractivity contribution in [3.05, 3.63) is 74.6 Å². The summed E-state index contributed by atoms with van der Waals surface area (Å²) in [7, 11) is 0. The highest BCUT2D eigenvalue weighted by molar-refractivity contribution is 7.12. The van der Waals surface area contributed by atoms with E-state index in [1.54, 1.807) is 0 Å². The van der Waals surface area contributed by atoms with Crippen LogP contribution in [-0.4, -0.2) is 11.1 Å². The highest BCUT2D eigenvalue weighted by atomic mass is 32.1. The fourth-order valence-electron chi connectivity index (χ4n) is 2.09. The van der Waals surface area contributed by atoms with E-state index in [9.17, 15) is 9.90 Å². The van der Waals surface area contributed by atoms with Gasteiger partial charge in [-0.2, -0.15) is 0 Å². The minimum Gasteiger partial charge on any atom is -0.382 e. The number of aliphatic hydroxyl groups is 1. The van der Waals surface area contributed by atoms with Gasteiger partial charge in [0.1, 0.15) is 6.10 Å². The molecule has 0 saturated heterocycles. The highest BCUT2D eigenvalue weighted by Crippen LogP contribution is 2.30. The number of nitrogens with one attached hydrogen (secondary N) is 2. The lowest BCUT2D eigenvalue weighted by Crippen LogP contribution is -2.27. The van der Waals surface area contributed by atoms with Gasteiger partial charge in [-0.25, -0.2) is 4.79 Å². The second kappa shape index (κ2) is 7.41. The van der Waals surface area contributed by atoms with Gasteiger partial charge in [0.05, 0.1) is 6.54 Å². The molecule has 0 bridgehead atoms. The second-order valence-corrected chi connectivity index (χ2v) is 7.07. The summed E-state index contributed by atoms with van der Waals surface area (Å²) in [6, 6.07) is 16.7. The Morgan fingerprint density at radius 2 is 1.87 bits per heavy atom. The lowest BCUT2D eigenvalue weighted by atomic mass is 10.2. The number of amides is 2. The van der Waals surface area contributed by atoms with Crippen LogP contribution in [0.2, 0.25) is 0 Å². The van der Waals surface area contributed by atoms with Gasteiger partial charge in [-0.15, -0.1) is 22.7 Å². The van der Waals surface area contributed by atoms with E-state index in [-0.39, 0.29) is 6.03 Å². The molecule has 6 heteroatoms. The van der Waals surface area contributed by atoms with Crippen LogP contribution in [0.1, 0.15) is 20.7 Å². The fraction of sp³-hybridized carbons (Fsp3) is 0.118. The SMILES string of the molecule is O=C(NCc1ccc([C@H](O)c2cccs2)s1)Nc1ccccc1. The third kappa shape index (κ3) is 4.19. The van der Waals surface area contributed by atoms with Crippen molar-refractivity contribution in [3.63, 3.8) is 0 Å². The van der Waals surface area contributed by atoms with Crippen LogP contribution in [0, 0.1) is 0 Å². The van der Waals surface area contributed by atoms with Crippen LogP contribution in [-0.2, 0) is 6.54 Å². The number of urea groups is 1. The van der Waals surface area contributed by atoms with Crippen LogP contribution in [0.15, 0.2) is 60.0 Å². The van der Waals surface area contributed by atoms with Gasteiger partial charge in [0, 0.05) is 20.3 Å². The van der Waals surface area contributed by atoms with Crippen molar-refractivity contribution >= 4 is 34.4 Å². The average Bonchev–Trinajstić information content (AvgIpc) is 3.25. The van der Waals surface area contributed by atoms with Gasteiger partial charge in [-0.3, -0.25) is 0 Å². The monoisotopic (exact) mass is 344 g/mol. The van der Waals surface area contributed by atoms with Gasteiger partial charge in [0.15, 0.2) is 0 Å². The molecule has 1 aromatic carbocycles. The molecule has 0 aliphatic carbocycles. The Morgan fingerprint density at radius 1 is 1.04 bits per heavy atom. The van der Waals surface area contributed by atoms with Gasteiger partial charge in [-0.05, 0) is 35.7 Å². The number of benzene rings is 1. The first kappa shape index (κ1) is 15.7. The molecule has 0 fully saturated rings. The van der Waals surface area contributed by atoms with Crippen LogP contribution in [0.25, 0.3) is 0 Å². The van der Waals surface area contributed by atoms with Crippen LogP contribution >= 0.6 is 22.7 Å². The normalized spacial score (nSPS) is 11.9. The third-order valence-electron chi connectivity index (χ3n) is 3.22. The maximum absolute atomic E-state index is 11.8. The summed E-state index contributed by atoms with van der Waals surface area (Å²) in [5.41, 5.74) is 0.755. The number of carbonyl (C=O) groups is 1. The largest absolute Gasteiger partial charge is 0.382 e. The van der Waals surface area contributed by atoms with Gasteiger partial charge in [0.2, 0.25) is 0 Å². The van der Waals surface area contributed by atoms with Gasteiger partial charge in [-0.1, -0.05) is 24.3 Å². The molecular weight excluding hydrogens is 328 g/mol.